The second-order valence-corrected chi connectivity index (χ2v) is 6.94. The van der Waals surface area contributed by atoms with Crippen molar-refractivity contribution in [1.29, 1.82) is 0 Å². The van der Waals surface area contributed by atoms with E-state index >= 15 is 0 Å². The van der Waals surface area contributed by atoms with Crippen LogP contribution in [0.5, 0.6) is 5.75 Å². The van der Waals surface area contributed by atoms with Gasteiger partial charge in [-0.25, -0.2) is 0 Å². The van der Waals surface area contributed by atoms with Gasteiger partial charge in [0.2, 0.25) is 11.8 Å². The van der Waals surface area contributed by atoms with Crippen molar-refractivity contribution in [1.82, 2.24) is 4.90 Å². The topological polar surface area (TPSA) is 66.8 Å². The van der Waals surface area contributed by atoms with Crippen LogP contribution < -0.4 is 4.74 Å². The van der Waals surface area contributed by atoms with Gasteiger partial charge in [-0.05, 0) is 37.0 Å². The number of hydrogen-bond acceptors (Lipinski definition) is 4. The number of ether oxygens (including phenoxy) is 1. The summed E-state index contributed by atoms with van der Waals surface area (Å²) in [7, 11) is 0. The summed E-state index contributed by atoms with van der Waals surface area (Å²) in [6, 6.07) is 7.70. The van der Waals surface area contributed by atoms with E-state index < -0.39 is 11.5 Å². The SMILES string of the molecule is CCc1ccc(OC[C@H](O)CN2C(=O)CC3(CCCC3)C2=O)cc1. The number of aryl methyl sites for hydroxylation is 1. The second kappa shape index (κ2) is 6.93. The highest BCUT2D eigenvalue weighted by molar-refractivity contribution is 6.06. The second-order valence-electron chi connectivity index (χ2n) is 6.94. The molecule has 0 aromatic heterocycles. The van der Waals surface area contributed by atoms with Crippen LogP contribution >= 0.6 is 0 Å². The number of carbonyl (C=O) groups is 2. The maximum Gasteiger partial charge on any atom is 0.235 e. The fourth-order valence-corrected chi connectivity index (χ4v) is 3.76. The van der Waals surface area contributed by atoms with Gasteiger partial charge in [0.25, 0.3) is 0 Å². The van der Waals surface area contributed by atoms with Gasteiger partial charge >= 0.3 is 0 Å². The molecular formula is C19H25NO4. The molecule has 0 bridgehead atoms. The minimum Gasteiger partial charge on any atom is -0.491 e. The first-order valence-corrected chi connectivity index (χ1v) is 8.79. The van der Waals surface area contributed by atoms with E-state index in [-0.39, 0.29) is 25.0 Å². The number of likely N-dealkylation sites (tertiary alicyclic amines) is 1. The zero-order valence-electron chi connectivity index (χ0n) is 14.2. The molecule has 1 aliphatic carbocycles. The Bertz CT molecular complexity index is 604. The van der Waals surface area contributed by atoms with E-state index in [0.717, 1.165) is 32.1 Å². The third-order valence-corrected chi connectivity index (χ3v) is 5.22. The van der Waals surface area contributed by atoms with Crippen LogP contribution in [0.15, 0.2) is 24.3 Å². The normalized spacial score (nSPS) is 20.8. The van der Waals surface area contributed by atoms with Crippen molar-refractivity contribution < 1.29 is 19.4 Å². The molecule has 2 aliphatic rings. The summed E-state index contributed by atoms with van der Waals surface area (Å²) in [4.78, 5) is 26.0. The number of benzene rings is 1. The average molecular weight is 331 g/mol. The fraction of sp³-hybridized carbons (Fsp3) is 0.579. The number of amides is 2. The molecule has 5 nitrogen and oxygen atoms in total. The number of hydrogen-bond donors (Lipinski definition) is 1. The molecular weight excluding hydrogens is 306 g/mol. The van der Waals surface area contributed by atoms with Crippen molar-refractivity contribution >= 4 is 11.8 Å². The van der Waals surface area contributed by atoms with Crippen molar-refractivity contribution in [3.05, 3.63) is 29.8 Å². The van der Waals surface area contributed by atoms with Crippen LogP contribution in [0.25, 0.3) is 0 Å². The van der Waals surface area contributed by atoms with E-state index in [1.807, 2.05) is 24.3 Å². The van der Waals surface area contributed by atoms with E-state index in [2.05, 4.69) is 6.92 Å². The molecule has 1 saturated heterocycles. The fourth-order valence-electron chi connectivity index (χ4n) is 3.76. The quantitative estimate of drug-likeness (QED) is 0.812. The van der Waals surface area contributed by atoms with Crippen LogP contribution in [0, 0.1) is 5.41 Å². The van der Waals surface area contributed by atoms with Crippen molar-refractivity contribution in [3.8, 4) is 5.75 Å². The zero-order chi connectivity index (χ0) is 17.2. The molecule has 3 rings (SSSR count). The molecule has 0 unspecified atom stereocenters. The lowest BCUT2D eigenvalue weighted by molar-refractivity contribution is -0.143. The number of imide groups is 1. The molecule has 2 amide bonds. The predicted molar refractivity (Wildman–Crippen MR) is 89.6 cm³/mol. The van der Waals surface area contributed by atoms with Crippen LogP contribution in [0.2, 0.25) is 0 Å². The Labute approximate surface area is 142 Å². The van der Waals surface area contributed by atoms with E-state index in [0.29, 0.717) is 12.2 Å². The minimum absolute atomic E-state index is 0.0203. The van der Waals surface area contributed by atoms with Crippen LogP contribution in [0.1, 0.15) is 44.6 Å². The van der Waals surface area contributed by atoms with Crippen LogP contribution in [0.4, 0.5) is 0 Å². The number of rotatable bonds is 6. The highest BCUT2D eigenvalue weighted by Crippen LogP contribution is 2.46. The molecule has 1 heterocycles. The van der Waals surface area contributed by atoms with Crippen molar-refractivity contribution in [2.45, 2.75) is 51.6 Å². The summed E-state index contributed by atoms with van der Waals surface area (Å²) in [5.41, 5.74) is 0.742. The molecule has 1 aromatic rings. The first-order chi connectivity index (χ1) is 11.5. The molecule has 2 fully saturated rings. The summed E-state index contributed by atoms with van der Waals surface area (Å²) in [6.07, 6.45) is 4.00. The number of carbonyl (C=O) groups excluding carboxylic acids is 2. The Morgan fingerprint density at radius 2 is 1.88 bits per heavy atom. The van der Waals surface area contributed by atoms with E-state index in [4.69, 9.17) is 4.74 Å². The third-order valence-electron chi connectivity index (χ3n) is 5.22. The Hall–Kier alpha value is -1.88. The maximum absolute atomic E-state index is 12.6. The largest absolute Gasteiger partial charge is 0.491 e. The van der Waals surface area contributed by atoms with E-state index in [9.17, 15) is 14.7 Å². The van der Waals surface area contributed by atoms with Gasteiger partial charge in [-0.1, -0.05) is 31.9 Å². The number of aliphatic hydroxyl groups excluding tert-OH is 1. The van der Waals surface area contributed by atoms with Gasteiger partial charge in [-0.3, -0.25) is 14.5 Å². The molecule has 1 aliphatic heterocycles. The standard InChI is InChI=1S/C19H25NO4/c1-2-14-5-7-16(8-6-14)24-13-15(21)12-20-17(22)11-19(18(20)23)9-3-4-10-19/h5-8,15,21H,2-4,9-13H2,1H3/t15-/m1/s1. The Morgan fingerprint density at radius 1 is 1.21 bits per heavy atom. The Kier molecular flexibility index (Phi) is 4.90. The predicted octanol–water partition coefficient (Wildman–Crippen LogP) is 2.31. The van der Waals surface area contributed by atoms with Crippen LogP contribution in [0.3, 0.4) is 0 Å². The molecule has 130 valence electrons. The van der Waals surface area contributed by atoms with Crippen LogP contribution in [-0.2, 0) is 16.0 Å². The van der Waals surface area contributed by atoms with Gasteiger partial charge in [0, 0.05) is 6.42 Å². The third kappa shape index (κ3) is 3.31. The highest BCUT2D eigenvalue weighted by Gasteiger charge is 2.52. The monoisotopic (exact) mass is 331 g/mol. The molecule has 5 heteroatoms. The average Bonchev–Trinajstić information content (AvgIpc) is 3.14. The number of β-amino-alcohol motifs (C(OH)–C–C–N with tert-alkyl or cyclic N) is 1. The summed E-state index contributed by atoms with van der Waals surface area (Å²) >= 11 is 0. The van der Waals surface area contributed by atoms with Crippen molar-refractivity contribution in [2.24, 2.45) is 5.41 Å². The summed E-state index contributed by atoms with van der Waals surface area (Å²) in [5.74, 6) is 0.419. The first kappa shape index (κ1) is 17.0. The Morgan fingerprint density at radius 3 is 2.50 bits per heavy atom. The van der Waals surface area contributed by atoms with Gasteiger partial charge in [0.05, 0.1) is 12.0 Å². The van der Waals surface area contributed by atoms with Gasteiger partial charge < -0.3 is 9.84 Å². The number of nitrogens with zero attached hydrogens (tertiary/aromatic N) is 1. The summed E-state index contributed by atoms with van der Waals surface area (Å²) in [5, 5.41) is 10.2. The van der Waals surface area contributed by atoms with E-state index in [1.54, 1.807) is 0 Å². The smallest absolute Gasteiger partial charge is 0.235 e. The summed E-state index contributed by atoms with van der Waals surface area (Å²) < 4.78 is 5.57. The molecule has 1 aromatic carbocycles. The molecule has 1 atom stereocenters. The van der Waals surface area contributed by atoms with Crippen LogP contribution in [-0.4, -0.2) is 41.1 Å². The highest BCUT2D eigenvalue weighted by atomic mass is 16.5. The van der Waals surface area contributed by atoms with Gasteiger partial charge in [0.1, 0.15) is 18.5 Å². The van der Waals surface area contributed by atoms with Gasteiger partial charge in [0.15, 0.2) is 0 Å². The molecule has 1 N–H and O–H groups in total. The van der Waals surface area contributed by atoms with E-state index in [1.165, 1.54) is 10.5 Å². The summed E-state index contributed by atoms with van der Waals surface area (Å²) in [6.45, 7) is 2.17. The number of aliphatic hydroxyl groups is 1. The van der Waals surface area contributed by atoms with Crippen molar-refractivity contribution in [2.75, 3.05) is 13.2 Å². The molecule has 0 radical (unpaired) electrons. The van der Waals surface area contributed by atoms with Gasteiger partial charge in [-0.15, -0.1) is 0 Å². The lowest BCUT2D eigenvalue weighted by Gasteiger charge is -2.23. The minimum atomic E-state index is -0.875. The lowest BCUT2D eigenvalue weighted by Crippen LogP contribution is -2.41. The molecule has 1 saturated carbocycles. The lowest BCUT2D eigenvalue weighted by atomic mass is 9.84. The van der Waals surface area contributed by atoms with Crippen molar-refractivity contribution in [3.63, 3.8) is 0 Å². The Balaban J connectivity index is 1.53. The van der Waals surface area contributed by atoms with Gasteiger partial charge in [-0.2, -0.15) is 0 Å². The first-order valence-electron chi connectivity index (χ1n) is 8.79. The molecule has 24 heavy (non-hydrogen) atoms. The zero-order valence-corrected chi connectivity index (χ0v) is 14.2. The maximum atomic E-state index is 12.6. The molecule has 1 spiro atoms.